The van der Waals surface area contributed by atoms with E-state index in [1.807, 2.05) is 4.90 Å². The van der Waals surface area contributed by atoms with Gasteiger partial charge in [-0.3, -0.25) is 4.79 Å². The number of ether oxygens (including phenoxy) is 1. The summed E-state index contributed by atoms with van der Waals surface area (Å²) in [7, 11) is 0. The molecular weight excluding hydrogens is 380 g/mol. The number of carbonyl (C=O) groups excluding carboxylic acids is 1. The number of anilines is 1. The number of nitrogens with one attached hydrogen (secondary N) is 1. The van der Waals surface area contributed by atoms with Crippen molar-refractivity contribution in [3.63, 3.8) is 0 Å². The number of aromatic nitrogens is 3. The summed E-state index contributed by atoms with van der Waals surface area (Å²) in [4.78, 5) is 24.0. The minimum atomic E-state index is -2.93. The zero-order valence-electron chi connectivity index (χ0n) is 16.3. The van der Waals surface area contributed by atoms with Crippen LogP contribution >= 0.6 is 0 Å². The molecule has 0 aromatic carbocycles. The second kappa shape index (κ2) is 7.96. The summed E-state index contributed by atoms with van der Waals surface area (Å²) in [6.07, 6.45) is 7.95. The van der Waals surface area contributed by atoms with Crippen molar-refractivity contribution < 1.29 is 18.3 Å². The van der Waals surface area contributed by atoms with E-state index in [2.05, 4.69) is 19.7 Å². The number of pyridine rings is 1. The average Bonchev–Trinajstić information content (AvgIpc) is 3.54. The van der Waals surface area contributed by atoms with Gasteiger partial charge in [-0.2, -0.15) is 8.78 Å². The maximum atomic E-state index is 12.3. The molecule has 2 saturated carbocycles. The predicted molar refractivity (Wildman–Crippen MR) is 103 cm³/mol. The third-order valence-electron chi connectivity index (χ3n) is 5.64. The Labute approximate surface area is 167 Å². The molecule has 2 atom stereocenters. The first kappa shape index (κ1) is 19.6. The Hall–Kier alpha value is -2.71. The van der Waals surface area contributed by atoms with Crippen LogP contribution in [0.3, 0.4) is 0 Å². The number of amides is 1. The summed E-state index contributed by atoms with van der Waals surface area (Å²) >= 11 is 0. The van der Waals surface area contributed by atoms with Crippen LogP contribution in [-0.2, 0) is 11.2 Å². The Morgan fingerprint density at radius 3 is 2.62 bits per heavy atom. The fourth-order valence-corrected chi connectivity index (χ4v) is 3.66. The molecule has 1 amide bonds. The highest BCUT2D eigenvalue weighted by atomic mass is 19.3. The molecule has 3 fully saturated rings. The molecule has 5 rings (SSSR count). The summed E-state index contributed by atoms with van der Waals surface area (Å²) < 4.78 is 28.9. The molecule has 29 heavy (non-hydrogen) atoms. The van der Waals surface area contributed by atoms with Gasteiger partial charge < -0.3 is 20.4 Å². The lowest BCUT2D eigenvalue weighted by Crippen LogP contribution is -2.27. The maximum absolute atomic E-state index is 12.3. The van der Waals surface area contributed by atoms with Crippen molar-refractivity contribution in [2.45, 2.75) is 39.2 Å². The summed E-state index contributed by atoms with van der Waals surface area (Å²) in [5.41, 5.74) is 6.83. The summed E-state index contributed by atoms with van der Waals surface area (Å²) in [5.74, 6) is 3.44. The lowest BCUT2D eigenvalue weighted by atomic mass is 10.2. The number of hydrogen-bond donors (Lipinski definition) is 2. The van der Waals surface area contributed by atoms with E-state index in [0.717, 1.165) is 43.1 Å². The number of nitrogens with zero attached hydrogens (tertiary/aromatic N) is 3. The molecule has 3 heterocycles. The van der Waals surface area contributed by atoms with Crippen LogP contribution in [-0.4, -0.2) is 45.5 Å². The number of hydrogen-bond acceptors (Lipinski definition) is 5. The number of imidazole rings is 1. The van der Waals surface area contributed by atoms with Gasteiger partial charge in [0, 0.05) is 38.2 Å². The van der Waals surface area contributed by atoms with Crippen molar-refractivity contribution in [2.24, 2.45) is 17.8 Å². The fourth-order valence-electron chi connectivity index (χ4n) is 3.66. The number of alkyl halides is 2. The summed E-state index contributed by atoms with van der Waals surface area (Å²) in [6.45, 7) is 0.812. The molecular formula is C20H25F2N5O2. The summed E-state index contributed by atoms with van der Waals surface area (Å²) in [5, 5.41) is 0. The Kier molecular flexibility index (Phi) is 5.38. The van der Waals surface area contributed by atoms with Crippen molar-refractivity contribution in [1.29, 1.82) is 0 Å². The van der Waals surface area contributed by atoms with E-state index in [-0.39, 0.29) is 17.5 Å². The average molecular weight is 405 g/mol. The lowest BCUT2D eigenvalue weighted by Gasteiger charge is -2.14. The molecule has 2 aliphatic carbocycles. The second-order valence-electron chi connectivity index (χ2n) is 8.06. The summed E-state index contributed by atoms with van der Waals surface area (Å²) in [6, 6.07) is 1.43. The number of nitrogen functional groups attached to an aromatic ring is 1. The first-order valence-corrected chi connectivity index (χ1v) is 9.89. The molecule has 0 bridgehead atoms. The number of H-pyrrole nitrogens is 1. The van der Waals surface area contributed by atoms with Gasteiger partial charge in [-0.25, -0.2) is 9.97 Å². The molecule has 1 saturated heterocycles. The van der Waals surface area contributed by atoms with Crippen LogP contribution in [0.2, 0.25) is 0 Å². The SMILES string of the molecule is CC(=O)N1CC2CC2C1.Nc1ncc(-c2cnc(CC3CC3)[nH]2)cc1OC(F)F. The van der Waals surface area contributed by atoms with Crippen molar-refractivity contribution in [1.82, 2.24) is 19.9 Å². The van der Waals surface area contributed by atoms with Crippen molar-refractivity contribution in [3.05, 3.63) is 24.3 Å². The fraction of sp³-hybridized carbons (Fsp3) is 0.550. The van der Waals surface area contributed by atoms with Gasteiger partial charge in [0.15, 0.2) is 11.6 Å². The van der Waals surface area contributed by atoms with Gasteiger partial charge in [0.05, 0.1) is 11.9 Å². The van der Waals surface area contributed by atoms with Gasteiger partial charge in [-0.15, -0.1) is 0 Å². The van der Waals surface area contributed by atoms with Gasteiger partial charge in [-0.1, -0.05) is 0 Å². The number of nitrogens with two attached hydrogens (primary N) is 1. The van der Waals surface area contributed by atoms with Crippen molar-refractivity contribution in [2.75, 3.05) is 18.8 Å². The minimum Gasteiger partial charge on any atom is -0.431 e. The second-order valence-corrected chi connectivity index (χ2v) is 8.06. The molecule has 9 heteroatoms. The highest BCUT2D eigenvalue weighted by molar-refractivity contribution is 5.73. The third-order valence-corrected chi connectivity index (χ3v) is 5.64. The monoisotopic (exact) mass is 405 g/mol. The number of halogens is 2. The normalized spacial score (nSPS) is 22.1. The van der Waals surface area contributed by atoms with Crippen LogP contribution in [0.15, 0.2) is 18.5 Å². The molecule has 156 valence electrons. The van der Waals surface area contributed by atoms with E-state index in [1.165, 1.54) is 31.5 Å². The minimum absolute atomic E-state index is 0.0632. The van der Waals surface area contributed by atoms with Gasteiger partial charge in [0.25, 0.3) is 0 Å². The molecule has 3 N–H and O–H groups in total. The van der Waals surface area contributed by atoms with Crippen molar-refractivity contribution in [3.8, 4) is 17.0 Å². The van der Waals surface area contributed by atoms with E-state index in [4.69, 9.17) is 5.73 Å². The zero-order chi connectivity index (χ0) is 20.5. The largest absolute Gasteiger partial charge is 0.431 e. The number of fused-ring (bicyclic) bond motifs is 1. The van der Waals surface area contributed by atoms with Gasteiger partial charge >= 0.3 is 6.61 Å². The van der Waals surface area contributed by atoms with Gasteiger partial charge in [0.2, 0.25) is 5.91 Å². The molecule has 2 unspecified atom stereocenters. The molecule has 2 aromatic rings. The lowest BCUT2D eigenvalue weighted by molar-refractivity contribution is -0.128. The smallest absolute Gasteiger partial charge is 0.387 e. The number of piperidine rings is 1. The van der Waals surface area contributed by atoms with Crippen LogP contribution in [0.25, 0.3) is 11.3 Å². The Morgan fingerprint density at radius 1 is 1.31 bits per heavy atom. The van der Waals surface area contributed by atoms with Crippen LogP contribution in [0, 0.1) is 17.8 Å². The number of aromatic amines is 1. The Morgan fingerprint density at radius 2 is 2.03 bits per heavy atom. The number of rotatable bonds is 5. The van der Waals surface area contributed by atoms with Gasteiger partial charge in [-0.05, 0) is 43.1 Å². The quantitative estimate of drug-likeness (QED) is 0.797. The van der Waals surface area contributed by atoms with Crippen LogP contribution in [0.5, 0.6) is 5.75 Å². The van der Waals surface area contributed by atoms with E-state index >= 15 is 0 Å². The Balaban J connectivity index is 0.000000188. The first-order valence-electron chi connectivity index (χ1n) is 9.89. The highest BCUT2D eigenvalue weighted by Crippen LogP contribution is 2.44. The van der Waals surface area contributed by atoms with Crippen LogP contribution in [0.1, 0.15) is 32.0 Å². The predicted octanol–water partition coefficient (Wildman–Crippen LogP) is 3.09. The van der Waals surface area contributed by atoms with Crippen molar-refractivity contribution >= 4 is 11.7 Å². The Bertz CT molecular complexity index is 874. The number of carbonyl (C=O) groups is 1. The molecule has 1 aliphatic heterocycles. The molecule has 7 nitrogen and oxygen atoms in total. The highest BCUT2D eigenvalue weighted by Gasteiger charge is 2.45. The first-order chi connectivity index (χ1) is 13.9. The molecule has 2 aromatic heterocycles. The topological polar surface area (TPSA) is 97.1 Å². The zero-order valence-corrected chi connectivity index (χ0v) is 16.3. The molecule has 0 radical (unpaired) electrons. The van der Waals surface area contributed by atoms with E-state index in [1.54, 1.807) is 13.1 Å². The maximum Gasteiger partial charge on any atom is 0.387 e. The van der Waals surface area contributed by atoms with E-state index < -0.39 is 6.61 Å². The van der Waals surface area contributed by atoms with Crippen LogP contribution < -0.4 is 10.5 Å². The standard InChI is InChI=1S/C13H14F2N4O.C7H11NO/c14-13(15)20-10-4-8(5-18-12(10)16)9-6-17-11(19-9)3-7-1-2-7;1-5(9)8-3-6-2-7(6)4-8/h4-7,13H,1-3H2,(H2,16,18)(H,17,19);6-7H,2-4H2,1H3. The molecule has 3 aliphatic rings. The van der Waals surface area contributed by atoms with Gasteiger partial charge in [0.1, 0.15) is 5.82 Å². The van der Waals surface area contributed by atoms with E-state index in [9.17, 15) is 13.6 Å². The molecule has 0 spiro atoms. The third kappa shape index (κ3) is 5.02. The van der Waals surface area contributed by atoms with Crippen LogP contribution in [0.4, 0.5) is 14.6 Å². The number of likely N-dealkylation sites (tertiary alicyclic amines) is 1. The van der Waals surface area contributed by atoms with E-state index in [0.29, 0.717) is 11.3 Å².